The van der Waals surface area contributed by atoms with Crippen LogP contribution < -0.4 is 5.32 Å². The second-order valence-electron chi connectivity index (χ2n) is 5.97. The molecule has 1 amide bonds. The summed E-state index contributed by atoms with van der Waals surface area (Å²) in [5.41, 5.74) is 1.20. The van der Waals surface area contributed by atoms with Crippen molar-refractivity contribution >= 4 is 21.6 Å². The number of carbonyl (C=O) groups excluding carboxylic acids is 1. The van der Waals surface area contributed by atoms with Gasteiger partial charge in [-0.1, -0.05) is 6.07 Å². The highest BCUT2D eigenvalue weighted by Gasteiger charge is 2.33. The third-order valence-corrected chi connectivity index (χ3v) is 5.89. The van der Waals surface area contributed by atoms with Crippen molar-refractivity contribution in [2.45, 2.75) is 19.0 Å². The minimum Gasteiger partial charge on any atom is -0.365 e. The van der Waals surface area contributed by atoms with Gasteiger partial charge in [0.2, 0.25) is 0 Å². The summed E-state index contributed by atoms with van der Waals surface area (Å²) in [7, 11) is -1.44. The summed E-state index contributed by atoms with van der Waals surface area (Å²) in [4.78, 5) is 26.2. The highest BCUT2D eigenvalue weighted by Crippen LogP contribution is 2.18. The largest absolute Gasteiger partial charge is 0.365 e. The lowest BCUT2D eigenvalue weighted by atomic mass is 10.2. The van der Waals surface area contributed by atoms with Gasteiger partial charge in [0.25, 0.3) is 5.91 Å². The molecule has 1 unspecified atom stereocenters. The van der Waals surface area contributed by atoms with Gasteiger partial charge in [-0.3, -0.25) is 9.78 Å². The van der Waals surface area contributed by atoms with Crippen molar-refractivity contribution in [3.63, 3.8) is 0 Å². The zero-order valence-electron chi connectivity index (χ0n) is 13.8. The third-order valence-electron chi connectivity index (χ3n) is 4.14. The molecule has 0 saturated carbocycles. The maximum atomic E-state index is 12.4. The molecule has 0 radical (unpaired) electrons. The van der Waals surface area contributed by atoms with Crippen LogP contribution in [0.2, 0.25) is 0 Å². The molecule has 1 N–H and O–H groups in total. The number of sulfone groups is 1. The zero-order valence-corrected chi connectivity index (χ0v) is 14.6. The summed E-state index contributed by atoms with van der Waals surface area (Å²) in [6.45, 7) is 0.551. The Morgan fingerprint density at radius 1 is 1.32 bits per heavy atom. The van der Waals surface area contributed by atoms with Gasteiger partial charge in [-0.2, -0.15) is 0 Å². The van der Waals surface area contributed by atoms with Crippen LogP contribution in [-0.2, 0) is 16.4 Å². The summed E-state index contributed by atoms with van der Waals surface area (Å²) in [5.74, 6) is 0.353. The average Bonchev–Trinajstić information content (AvgIpc) is 3.00. The molecule has 1 saturated heterocycles. The van der Waals surface area contributed by atoms with E-state index >= 15 is 0 Å². The Hall–Kier alpha value is -2.55. The van der Waals surface area contributed by atoms with Crippen LogP contribution >= 0.6 is 0 Å². The third kappa shape index (κ3) is 4.30. The summed E-state index contributed by atoms with van der Waals surface area (Å²) >= 11 is 0. The summed E-state index contributed by atoms with van der Waals surface area (Å²) < 4.78 is 23.1. The number of hydrogen-bond donors (Lipinski definition) is 1. The molecule has 0 aromatic carbocycles. The van der Waals surface area contributed by atoms with Crippen LogP contribution in [0.25, 0.3) is 0 Å². The predicted molar refractivity (Wildman–Crippen MR) is 92.7 cm³/mol. The molecule has 0 bridgehead atoms. The van der Waals surface area contributed by atoms with Gasteiger partial charge in [0.05, 0.1) is 23.9 Å². The topological polar surface area (TPSA) is 105 Å². The first kappa shape index (κ1) is 17.3. The fourth-order valence-corrected chi connectivity index (χ4v) is 4.43. The first-order valence-corrected chi connectivity index (χ1v) is 9.69. The summed E-state index contributed by atoms with van der Waals surface area (Å²) in [6, 6.07) is 3.49. The van der Waals surface area contributed by atoms with Crippen molar-refractivity contribution in [1.29, 1.82) is 0 Å². The summed E-state index contributed by atoms with van der Waals surface area (Å²) in [5, 5.41) is 3.10. The molecular formula is C16H19N5O3S. The second kappa shape index (κ2) is 7.14. The molecule has 3 heterocycles. The maximum Gasteiger partial charge on any atom is 0.274 e. The van der Waals surface area contributed by atoms with E-state index in [-0.39, 0.29) is 29.1 Å². The van der Waals surface area contributed by atoms with Crippen molar-refractivity contribution in [2.24, 2.45) is 0 Å². The van der Waals surface area contributed by atoms with Gasteiger partial charge < -0.3 is 10.2 Å². The number of carbonyl (C=O) groups is 1. The molecule has 1 fully saturated rings. The van der Waals surface area contributed by atoms with E-state index in [1.165, 1.54) is 17.3 Å². The lowest BCUT2D eigenvalue weighted by Crippen LogP contribution is -2.38. The number of aromatic nitrogens is 3. The molecule has 1 aliphatic rings. The SMILES string of the molecule is CN(C(=O)c1cnc(NCc2cccnc2)cn1)C1CCS(=O)(=O)C1. The molecule has 132 valence electrons. The Morgan fingerprint density at radius 3 is 2.76 bits per heavy atom. The minimum atomic E-state index is -3.04. The molecule has 25 heavy (non-hydrogen) atoms. The lowest BCUT2D eigenvalue weighted by molar-refractivity contribution is 0.0741. The summed E-state index contributed by atoms with van der Waals surface area (Å²) in [6.07, 6.45) is 6.80. The zero-order chi connectivity index (χ0) is 17.9. The smallest absolute Gasteiger partial charge is 0.274 e. The molecule has 2 aromatic rings. The average molecular weight is 361 g/mol. The van der Waals surface area contributed by atoms with E-state index in [1.54, 1.807) is 19.4 Å². The van der Waals surface area contributed by atoms with E-state index in [0.717, 1.165) is 5.56 Å². The van der Waals surface area contributed by atoms with Crippen LogP contribution in [0, 0.1) is 0 Å². The van der Waals surface area contributed by atoms with E-state index in [9.17, 15) is 13.2 Å². The predicted octanol–water partition coefficient (Wildman–Crippen LogP) is 0.743. The first-order valence-electron chi connectivity index (χ1n) is 7.87. The van der Waals surface area contributed by atoms with E-state index in [1.807, 2.05) is 12.1 Å². The fraction of sp³-hybridized carbons (Fsp3) is 0.375. The molecule has 9 heteroatoms. The van der Waals surface area contributed by atoms with E-state index in [0.29, 0.717) is 18.8 Å². The molecule has 0 spiro atoms. The fourth-order valence-electron chi connectivity index (χ4n) is 2.65. The van der Waals surface area contributed by atoms with E-state index < -0.39 is 9.84 Å². The van der Waals surface area contributed by atoms with Crippen molar-refractivity contribution in [2.75, 3.05) is 23.9 Å². The van der Waals surface area contributed by atoms with Crippen LogP contribution in [0.5, 0.6) is 0 Å². The van der Waals surface area contributed by atoms with Crippen molar-refractivity contribution < 1.29 is 13.2 Å². The molecular weight excluding hydrogens is 342 g/mol. The van der Waals surface area contributed by atoms with Crippen molar-refractivity contribution in [1.82, 2.24) is 19.9 Å². The number of anilines is 1. The van der Waals surface area contributed by atoms with Crippen LogP contribution in [0.15, 0.2) is 36.9 Å². The number of nitrogens with zero attached hydrogens (tertiary/aromatic N) is 4. The Balaban J connectivity index is 1.60. The Bertz CT molecular complexity index is 840. The van der Waals surface area contributed by atoms with Gasteiger partial charge in [0.1, 0.15) is 11.5 Å². The number of amides is 1. The number of nitrogens with one attached hydrogen (secondary N) is 1. The Labute approximate surface area is 146 Å². The Morgan fingerprint density at radius 2 is 2.16 bits per heavy atom. The van der Waals surface area contributed by atoms with Gasteiger partial charge >= 0.3 is 0 Å². The quantitative estimate of drug-likeness (QED) is 0.837. The lowest BCUT2D eigenvalue weighted by Gasteiger charge is -2.22. The Kier molecular flexibility index (Phi) is 4.93. The van der Waals surface area contributed by atoms with Crippen LogP contribution in [-0.4, -0.2) is 58.8 Å². The van der Waals surface area contributed by atoms with Gasteiger partial charge in [0, 0.05) is 32.0 Å². The van der Waals surface area contributed by atoms with Gasteiger partial charge in [-0.05, 0) is 18.1 Å². The normalized spacial score (nSPS) is 18.7. The van der Waals surface area contributed by atoms with Gasteiger partial charge in [0.15, 0.2) is 9.84 Å². The second-order valence-corrected chi connectivity index (χ2v) is 8.20. The molecule has 3 rings (SSSR count). The van der Waals surface area contributed by atoms with Crippen LogP contribution in [0.1, 0.15) is 22.5 Å². The highest BCUT2D eigenvalue weighted by molar-refractivity contribution is 7.91. The first-order chi connectivity index (χ1) is 11.9. The van der Waals surface area contributed by atoms with E-state index in [4.69, 9.17) is 0 Å². The van der Waals surface area contributed by atoms with Gasteiger partial charge in [-0.25, -0.2) is 18.4 Å². The van der Waals surface area contributed by atoms with Gasteiger partial charge in [-0.15, -0.1) is 0 Å². The van der Waals surface area contributed by atoms with Crippen LogP contribution in [0.3, 0.4) is 0 Å². The van der Waals surface area contributed by atoms with Crippen LogP contribution in [0.4, 0.5) is 5.82 Å². The maximum absolute atomic E-state index is 12.4. The molecule has 0 aliphatic carbocycles. The molecule has 2 aromatic heterocycles. The van der Waals surface area contributed by atoms with E-state index in [2.05, 4.69) is 20.3 Å². The number of pyridine rings is 1. The monoisotopic (exact) mass is 361 g/mol. The molecule has 1 atom stereocenters. The standard InChI is InChI=1S/C16H19N5O3S/c1-21(13-4-6-25(23,24)11-13)16(22)14-9-20-15(10-18-14)19-8-12-3-2-5-17-7-12/h2-3,5,7,9-10,13H,4,6,8,11H2,1H3,(H,19,20). The number of rotatable bonds is 5. The molecule has 8 nitrogen and oxygen atoms in total. The highest BCUT2D eigenvalue weighted by atomic mass is 32.2. The minimum absolute atomic E-state index is 0.00736. The number of hydrogen-bond acceptors (Lipinski definition) is 7. The van der Waals surface area contributed by atoms with Crippen molar-refractivity contribution in [3.8, 4) is 0 Å². The molecule has 1 aliphatic heterocycles. The van der Waals surface area contributed by atoms with Crippen molar-refractivity contribution in [3.05, 3.63) is 48.2 Å².